The summed E-state index contributed by atoms with van der Waals surface area (Å²) in [7, 11) is 5.38. The van der Waals surface area contributed by atoms with Crippen LogP contribution in [0.25, 0.3) is 0 Å². The van der Waals surface area contributed by atoms with Gasteiger partial charge < -0.3 is 25.3 Å². The van der Waals surface area contributed by atoms with E-state index in [1.165, 1.54) is 22.1 Å². The summed E-state index contributed by atoms with van der Waals surface area (Å²) >= 11 is 0. The third-order valence-electron chi connectivity index (χ3n) is 6.55. The average molecular weight is 579 g/mol. The number of aromatic nitrogens is 2. The Labute approximate surface area is 245 Å². The Bertz CT molecular complexity index is 1380. The van der Waals surface area contributed by atoms with Crippen LogP contribution >= 0.6 is 0 Å². The van der Waals surface area contributed by atoms with E-state index in [2.05, 4.69) is 32.4 Å². The fraction of sp³-hybridized carbons (Fsp3) is 0.433. The van der Waals surface area contributed by atoms with E-state index in [0.717, 1.165) is 0 Å². The van der Waals surface area contributed by atoms with Gasteiger partial charge in [-0.3, -0.25) is 9.59 Å². The van der Waals surface area contributed by atoms with Crippen LogP contribution in [0.1, 0.15) is 37.3 Å². The van der Waals surface area contributed by atoms with E-state index in [1.54, 1.807) is 44.3 Å². The molecule has 222 valence electrons. The molecule has 0 radical (unpaired) electrons. The number of unbranched alkanes of at least 4 members (excludes halogenated alkanes) is 1. The predicted molar refractivity (Wildman–Crippen MR) is 157 cm³/mol. The van der Waals surface area contributed by atoms with Crippen LogP contribution in [0.15, 0.2) is 42.6 Å². The summed E-state index contributed by atoms with van der Waals surface area (Å²) in [6.07, 6.45) is 5.43. The smallest absolute Gasteiger partial charge is 0.266 e. The van der Waals surface area contributed by atoms with E-state index < -0.39 is 18.5 Å². The van der Waals surface area contributed by atoms with E-state index in [1.807, 2.05) is 25.1 Å². The molecule has 2 heterocycles. The van der Waals surface area contributed by atoms with Gasteiger partial charge in [-0.25, -0.2) is 13.8 Å². The van der Waals surface area contributed by atoms with Crippen LogP contribution < -0.4 is 15.5 Å². The summed E-state index contributed by atoms with van der Waals surface area (Å²) in [5, 5.41) is 14.8. The van der Waals surface area contributed by atoms with E-state index in [4.69, 9.17) is 5.26 Å². The molecule has 3 rings (SSSR count). The third kappa shape index (κ3) is 9.53. The Kier molecular flexibility index (Phi) is 11.3. The number of halogens is 2. The highest BCUT2D eigenvalue weighted by atomic mass is 19.3. The highest BCUT2D eigenvalue weighted by Gasteiger charge is 2.39. The molecule has 1 fully saturated rings. The van der Waals surface area contributed by atoms with Crippen LogP contribution in [-0.4, -0.2) is 90.9 Å². The molecule has 0 bridgehead atoms. The van der Waals surface area contributed by atoms with Gasteiger partial charge in [0.05, 0.1) is 29.9 Å². The van der Waals surface area contributed by atoms with Crippen molar-refractivity contribution in [3.63, 3.8) is 0 Å². The molecule has 1 aromatic carbocycles. The molecule has 0 spiro atoms. The maximum absolute atomic E-state index is 14.0. The number of benzene rings is 1. The Morgan fingerprint density at radius 3 is 2.62 bits per heavy atom. The van der Waals surface area contributed by atoms with Crippen molar-refractivity contribution >= 4 is 29.3 Å². The first-order valence-corrected chi connectivity index (χ1v) is 13.6. The molecular weight excluding hydrogens is 542 g/mol. The fourth-order valence-corrected chi connectivity index (χ4v) is 3.98. The molecular formula is C30H36F2N8O2. The van der Waals surface area contributed by atoms with Crippen molar-refractivity contribution in [2.75, 3.05) is 57.5 Å². The zero-order valence-corrected chi connectivity index (χ0v) is 24.3. The number of likely N-dealkylation sites (N-methyl/N-ethyl adjacent to an activating group) is 2. The third-order valence-corrected chi connectivity index (χ3v) is 6.55. The first kappa shape index (κ1) is 32.0. The number of nitrogens with zero attached hydrogens (tertiary/aromatic N) is 6. The van der Waals surface area contributed by atoms with Gasteiger partial charge >= 0.3 is 0 Å². The maximum atomic E-state index is 14.0. The first-order chi connectivity index (χ1) is 20.0. The number of carbonyl (C=O) groups excluding carboxylic acids is 2. The summed E-state index contributed by atoms with van der Waals surface area (Å²) < 4.78 is 28.0. The molecule has 42 heavy (non-hydrogen) atoms. The van der Waals surface area contributed by atoms with Crippen molar-refractivity contribution in [1.82, 2.24) is 25.1 Å². The predicted octanol–water partition coefficient (Wildman–Crippen LogP) is 3.15. The average Bonchev–Trinajstić information content (AvgIpc) is 3.33. The van der Waals surface area contributed by atoms with Gasteiger partial charge in [-0.2, -0.15) is 10.2 Å². The molecule has 1 aliphatic rings. The Morgan fingerprint density at radius 1 is 1.24 bits per heavy atom. The van der Waals surface area contributed by atoms with Gasteiger partial charge in [-0.1, -0.05) is 17.9 Å². The highest BCUT2D eigenvalue weighted by Crippen LogP contribution is 2.32. The van der Waals surface area contributed by atoms with Gasteiger partial charge in [-0.05, 0) is 51.7 Å². The minimum absolute atomic E-state index is 0.140. The molecule has 2 aromatic rings. The fourth-order valence-electron chi connectivity index (χ4n) is 3.98. The number of nitriles is 1. The van der Waals surface area contributed by atoms with Crippen molar-refractivity contribution in [3.05, 3.63) is 53.7 Å². The van der Waals surface area contributed by atoms with Crippen molar-refractivity contribution in [2.24, 2.45) is 0 Å². The summed E-state index contributed by atoms with van der Waals surface area (Å²) in [4.78, 5) is 38.3. The van der Waals surface area contributed by atoms with E-state index >= 15 is 0 Å². The number of hydrogen-bond acceptors (Lipinski definition) is 8. The van der Waals surface area contributed by atoms with Gasteiger partial charge in [0.15, 0.2) is 0 Å². The van der Waals surface area contributed by atoms with E-state index in [0.29, 0.717) is 48.6 Å². The van der Waals surface area contributed by atoms with Gasteiger partial charge in [0, 0.05) is 51.3 Å². The molecule has 2 N–H and O–H groups in total. The van der Waals surface area contributed by atoms with Crippen molar-refractivity contribution in [1.29, 1.82) is 5.26 Å². The quantitative estimate of drug-likeness (QED) is 0.237. The van der Waals surface area contributed by atoms with Gasteiger partial charge in [-0.15, -0.1) is 0 Å². The van der Waals surface area contributed by atoms with Crippen LogP contribution in [0, 0.1) is 23.2 Å². The molecule has 12 heteroatoms. The lowest BCUT2D eigenvalue weighted by Gasteiger charge is -2.23. The normalized spacial score (nSPS) is 14.7. The van der Waals surface area contributed by atoms with Crippen LogP contribution in [0.2, 0.25) is 0 Å². The molecule has 2 amide bonds. The summed E-state index contributed by atoms with van der Waals surface area (Å²) in [5.74, 6) is 3.23. The van der Waals surface area contributed by atoms with Crippen molar-refractivity contribution in [3.8, 4) is 17.9 Å². The lowest BCUT2D eigenvalue weighted by atomic mass is 10.2. The molecule has 1 saturated heterocycles. The summed E-state index contributed by atoms with van der Waals surface area (Å²) in [6, 6.07) is 8.12. The SMILES string of the molecule is C[C@@H](C(=O)NCCCC#Cc1cnc(Nc2ccc(C#N)cc2)nc1N1CCC(F)(F)C1)N(C)C(=O)/C=C/CN(C)C. The monoisotopic (exact) mass is 578 g/mol. The van der Waals surface area contributed by atoms with Crippen molar-refractivity contribution in [2.45, 2.75) is 38.2 Å². The minimum Gasteiger partial charge on any atom is -0.354 e. The van der Waals surface area contributed by atoms with Gasteiger partial charge in [0.25, 0.3) is 5.92 Å². The second-order valence-corrected chi connectivity index (χ2v) is 10.3. The number of hydrogen-bond donors (Lipinski definition) is 2. The van der Waals surface area contributed by atoms with Crippen LogP contribution in [0.5, 0.6) is 0 Å². The number of carbonyl (C=O) groups is 2. The standard InChI is InChI=1S/C30H36F2N8O2/c1-22(39(4)26(41)10-8-17-38(2)3)28(42)34-16-7-5-6-9-24-20-35-29(36-25-13-11-23(19-33)12-14-25)37-27(24)40-18-15-30(31,32)21-40/h8,10-14,20,22H,5,7,15-18,21H2,1-4H3,(H,34,42)(H,35,36,37)/b10-8+/t22-/m0/s1. The zero-order chi connectivity index (χ0) is 30.7. The molecule has 0 saturated carbocycles. The van der Waals surface area contributed by atoms with Gasteiger partial charge in [0.1, 0.15) is 11.9 Å². The number of anilines is 3. The highest BCUT2D eigenvalue weighted by molar-refractivity contribution is 5.92. The number of alkyl halides is 2. The summed E-state index contributed by atoms with van der Waals surface area (Å²) in [6.45, 7) is 2.34. The molecule has 1 aliphatic heterocycles. The summed E-state index contributed by atoms with van der Waals surface area (Å²) in [5.41, 5.74) is 1.59. The van der Waals surface area contributed by atoms with Crippen molar-refractivity contribution < 1.29 is 18.4 Å². The lowest BCUT2D eigenvalue weighted by Crippen LogP contribution is -2.45. The molecule has 1 aromatic heterocycles. The molecule has 10 nitrogen and oxygen atoms in total. The van der Waals surface area contributed by atoms with E-state index in [9.17, 15) is 18.4 Å². The molecule has 0 aliphatic carbocycles. The van der Waals surface area contributed by atoms with Crippen LogP contribution in [0.3, 0.4) is 0 Å². The number of nitrogens with one attached hydrogen (secondary N) is 2. The second kappa shape index (κ2) is 14.9. The topological polar surface area (TPSA) is 117 Å². The maximum Gasteiger partial charge on any atom is 0.266 e. The zero-order valence-electron chi connectivity index (χ0n) is 24.3. The van der Waals surface area contributed by atoms with E-state index in [-0.39, 0.29) is 30.7 Å². The lowest BCUT2D eigenvalue weighted by molar-refractivity contribution is -0.135. The largest absolute Gasteiger partial charge is 0.354 e. The number of rotatable bonds is 11. The Morgan fingerprint density at radius 2 is 1.98 bits per heavy atom. The Hall–Kier alpha value is -4.55. The molecule has 0 unspecified atom stereocenters. The minimum atomic E-state index is -2.81. The van der Waals surface area contributed by atoms with Gasteiger partial charge in [0.2, 0.25) is 17.8 Å². The Balaban J connectivity index is 1.58. The van der Waals surface area contributed by atoms with Crippen LogP contribution in [-0.2, 0) is 9.59 Å². The number of amides is 2. The van der Waals surface area contributed by atoms with Crippen LogP contribution in [0.4, 0.5) is 26.2 Å². The second-order valence-electron chi connectivity index (χ2n) is 10.3. The molecule has 1 atom stereocenters. The first-order valence-electron chi connectivity index (χ1n) is 13.6.